The largest absolute Gasteiger partial charge is 0.471 e. The molecule has 6 nitrogen and oxygen atoms in total. The van der Waals surface area contributed by atoms with Crippen LogP contribution in [-0.2, 0) is 16.4 Å². The molecular formula is C27H23Cl4N3O3S. The number of rotatable bonds is 10. The van der Waals surface area contributed by atoms with Crippen molar-refractivity contribution in [1.82, 2.24) is 4.98 Å². The first-order valence-electron chi connectivity index (χ1n) is 11.5. The maximum atomic E-state index is 12.9. The third-order valence-electron chi connectivity index (χ3n) is 5.48. The second kappa shape index (κ2) is 12.5. The van der Waals surface area contributed by atoms with Gasteiger partial charge in [-0.15, -0.1) is 0 Å². The van der Waals surface area contributed by atoms with Crippen LogP contribution >= 0.6 is 46.4 Å². The topological polar surface area (TPSA) is 80.3 Å². The van der Waals surface area contributed by atoms with Gasteiger partial charge in [0.25, 0.3) is 10.0 Å². The monoisotopic (exact) mass is 609 g/mol. The van der Waals surface area contributed by atoms with Crippen molar-refractivity contribution in [2.75, 3.05) is 10.0 Å². The molecule has 1 unspecified atom stereocenters. The standard InChI is InChI=1S/C27H23Cl4N3O3S/c1-17-14-19(34-38(35,36)21-10-6-3-7-11-21)16-20(15-17)37-22(13-12-18-8-4-2-5-9-18)32-25-23(28)26(30)33-27(31)24(25)29/h2-11,14-16,22,34H,12-13H2,1H3,(H,32,33). The molecule has 0 amide bonds. The molecule has 3 aromatic carbocycles. The molecule has 11 heteroatoms. The lowest BCUT2D eigenvalue weighted by molar-refractivity contribution is 0.220. The SMILES string of the molecule is Cc1cc(NS(=O)(=O)c2ccccc2)cc(OC(CCc2ccccc2)Nc2c(Cl)c(Cl)nc(Cl)c2Cl)c1. The van der Waals surface area contributed by atoms with Gasteiger partial charge in [-0.3, -0.25) is 4.72 Å². The Morgan fingerprint density at radius 3 is 2.11 bits per heavy atom. The van der Waals surface area contributed by atoms with E-state index in [0.717, 1.165) is 11.1 Å². The smallest absolute Gasteiger partial charge is 0.261 e. The molecule has 0 spiro atoms. The lowest BCUT2D eigenvalue weighted by Gasteiger charge is -2.24. The van der Waals surface area contributed by atoms with Crippen LogP contribution in [0.25, 0.3) is 0 Å². The van der Waals surface area contributed by atoms with Crippen LogP contribution in [0, 0.1) is 6.92 Å². The second-order valence-electron chi connectivity index (χ2n) is 8.42. The molecule has 38 heavy (non-hydrogen) atoms. The van der Waals surface area contributed by atoms with E-state index in [4.69, 9.17) is 51.1 Å². The summed E-state index contributed by atoms with van der Waals surface area (Å²) in [4.78, 5) is 4.08. The summed E-state index contributed by atoms with van der Waals surface area (Å²) in [5, 5.41) is 3.41. The quantitative estimate of drug-likeness (QED) is 0.140. The van der Waals surface area contributed by atoms with Gasteiger partial charge in [-0.1, -0.05) is 94.9 Å². The molecule has 0 fully saturated rings. The van der Waals surface area contributed by atoms with E-state index in [1.54, 1.807) is 36.4 Å². The Kier molecular flexibility index (Phi) is 9.28. The second-order valence-corrected chi connectivity index (χ2v) is 11.6. The summed E-state index contributed by atoms with van der Waals surface area (Å²) in [6, 6.07) is 23.1. The lowest BCUT2D eigenvalue weighted by atomic mass is 10.1. The van der Waals surface area contributed by atoms with E-state index in [1.807, 2.05) is 37.3 Å². The number of aryl methyl sites for hydroxylation is 2. The summed E-state index contributed by atoms with van der Waals surface area (Å²) in [6.07, 6.45) is 0.535. The lowest BCUT2D eigenvalue weighted by Crippen LogP contribution is -2.28. The van der Waals surface area contributed by atoms with Crippen LogP contribution in [0.4, 0.5) is 11.4 Å². The van der Waals surface area contributed by atoms with E-state index in [2.05, 4.69) is 15.0 Å². The number of pyridine rings is 1. The molecular weight excluding hydrogens is 588 g/mol. The van der Waals surface area contributed by atoms with Crippen molar-refractivity contribution in [1.29, 1.82) is 0 Å². The molecule has 0 aliphatic heterocycles. The Morgan fingerprint density at radius 1 is 0.868 bits per heavy atom. The van der Waals surface area contributed by atoms with Crippen molar-refractivity contribution in [2.24, 2.45) is 0 Å². The van der Waals surface area contributed by atoms with Gasteiger partial charge in [-0.05, 0) is 48.7 Å². The predicted molar refractivity (Wildman–Crippen MR) is 156 cm³/mol. The highest BCUT2D eigenvalue weighted by Crippen LogP contribution is 2.39. The number of nitrogens with zero attached hydrogens (tertiary/aromatic N) is 1. The minimum absolute atomic E-state index is 0.00136. The first kappa shape index (κ1) is 28.3. The summed E-state index contributed by atoms with van der Waals surface area (Å²) in [5.41, 5.74) is 2.54. The number of hydrogen-bond donors (Lipinski definition) is 2. The highest BCUT2D eigenvalue weighted by molar-refractivity contribution is 7.92. The highest BCUT2D eigenvalue weighted by atomic mass is 35.5. The summed E-state index contributed by atoms with van der Waals surface area (Å²) in [5.74, 6) is 0.430. The summed E-state index contributed by atoms with van der Waals surface area (Å²) in [7, 11) is -3.78. The van der Waals surface area contributed by atoms with Gasteiger partial charge in [0.05, 0.1) is 16.3 Å². The van der Waals surface area contributed by atoms with Gasteiger partial charge in [-0.2, -0.15) is 0 Å². The minimum atomic E-state index is -3.78. The van der Waals surface area contributed by atoms with Crippen LogP contribution in [0.3, 0.4) is 0 Å². The van der Waals surface area contributed by atoms with Crippen molar-refractivity contribution in [3.8, 4) is 5.75 Å². The Balaban J connectivity index is 1.62. The van der Waals surface area contributed by atoms with Gasteiger partial charge >= 0.3 is 0 Å². The number of benzene rings is 3. The fraction of sp³-hybridized carbons (Fsp3) is 0.148. The van der Waals surface area contributed by atoms with Crippen LogP contribution in [-0.4, -0.2) is 19.6 Å². The first-order chi connectivity index (χ1) is 18.1. The number of hydrogen-bond acceptors (Lipinski definition) is 5. The predicted octanol–water partition coefficient (Wildman–Crippen LogP) is 8.25. The Hall–Kier alpha value is -2.68. The molecule has 4 rings (SSSR count). The van der Waals surface area contributed by atoms with Crippen LogP contribution in [0.2, 0.25) is 20.4 Å². The normalized spacial score (nSPS) is 12.1. The average Bonchev–Trinajstić information content (AvgIpc) is 2.89. The van der Waals surface area contributed by atoms with Crippen molar-refractivity contribution in [2.45, 2.75) is 30.9 Å². The third kappa shape index (κ3) is 7.24. The maximum absolute atomic E-state index is 12.9. The zero-order chi connectivity index (χ0) is 27.3. The van der Waals surface area contributed by atoms with Gasteiger partial charge in [0.1, 0.15) is 15.8 Å². The molecule has 2 N–H and O–H groups in total. The van der Waals surface area contributed by atoms with Gasteiger partial charge in [0.15, 0.2) is 16.5 Å². The summed E-state index contributed by atoms with van der Waals surface area (Å²) < 4.78 is 34.6. The average molecular weight is 611 g/mol. The Bertz CT molecular complexity index is 1500. The molecule has 0 radical (unpaired) electrons. The molecule has 0 saturated heterocycles. The van der Waals surface area contributed by atoms with Crippen molar-refractivity contribution in [3.63, 3.8) is 0 Å². The summed E-state index contributed by atoms with van der Waals surface area (Å²) in [6.45, 7) is 1.84. The van der Waals surface area contributed by atoms with Gasteiger partial charge in [0.2, 0.25) is 0 Å². The summed E-state index contributed by atoms with van der Waals surface area (Å²) >= 11 is 25.0. The van der Waals surface area contributed by atoms with E-state index in [-0.39, 0.29) is 30.9 Å². The first-order valence-corrected chi connectivity index (χ1v) is 14.5. The molecule has 198 valence electrons. The maximum Gasteiger partial charge on any atom is 0.261 e. The van der Waals surface area contributed by atoms with E-state index in [9.17, 15) is 8.42 Å². The van der Waals surface area contributed by atoms with Crippen LogP contribution in [0.15, 0.2) is 83.8 Å². The van der Waals surface area contributed by atoms with Crippen molar-refractivity contribution >= 4 is 67.8 Å². The Morgan fingerprint density at radius 2 is 1.47 bits per heavy atom. The van der Waals surface area contributed by atoms with E-state index in [1.165, 1.54) is 12.1 Å². The van der Waals surface area contributed by atoms with E-state index < -0.39 is 16.3 Å². The number of sulfonamides is 1. The van der Waals surface area contributed by atoms with Gasteiger partial charge in [0, 0.05) is 12.5 Å². The zero-order valence-corrected chi connectivity index (χ0v) is 23.9. The van der Waals surface area contributed by atoms with E-state index >= 15 is 0 Å². The number of anilines is 2. The van der Waals surface area contributed by atoms with Gasteiger partial charge < -0.3 is 10.1 Å². The molecule has 4 aromatic rings. The van der Waals surface area contributed by atoms with Crippen LogP contribution < -0.4 is 14.8 Å². The van der Waals surface area contributed by atoms with Crippen molar-refractivity contribution < 1.29 is 13.2 Å². The third-order valence-corrected chi connectivity index (χ3v) is 8.35. The molecule has 0 saturated carbocycles. The number of halogens is 4. The van der Waals surface area contributed by atoms with Crippen molar-refractivity contribution in [3.05, 3.63) is 110 Å². The minimum Gasteiger partial charge on any atom is -0.471 e. The van der Waals surface area contributed by atoms with E-state index in [0.29, 0.717) is 24.3 Å². The zero-order valence-electron chi connectivity index (χ0n) is 20.1. The Labute approximate surface area is 241 Å². The fourth-order valence-electron chi connectivity index (χ4n) is 3.73. The molecule has 1 aromatic heterocycles. The molecule has 0 bridgehead atoms. The van der Waals surface area contributed by atoms with Crippen LogP contribution in [0.5, 0.6) is 5.75 Å². The molecule has 0 aliphatic rings. The molecule has 1 heterocycles. The number of ether oxygens (including phenoxy) is 1. The van der Waals surface area contributed by atoms with Crippen LogP contribution in [0.1, 0.15) is 17.5 Å². The van der Waals surface area contributed by atoms with Gasteiger partial charge in [-0.25, -0.2) is 13.4 Å². The number of nitrogens with one attached hydrogen (secondary N) is 2. The molecule has 1 atom stereocenters. The molecule has 0 aliphatic carbocycles. The fourth-order valence-corrected chi connectivity index (χ4v) is 5.62. The highest BCUT2D eigenvalue weighted by Gasteiger charge is 2.21. The number of aromatic nitrogens is 1.